The first-order chi connectivity index (χ1) is 9.11. The van der Waals surface area contributed by atoms with E-state index in [1.165, 1.54) is 16.2 Å². The lowest BCUT2D eigenvalue weighted by Crippen LogP contribution is -2.50. The van der Waals surface area contributed by atoms with Gasteiger partial charge in [0.2, 0.25) is 0 Å². The van der Waals surface area contributed by atoms with Crippen LogP contribution in [-0.2, 0) is 16.1 Å². The number of hydrogen-bond donors (Lipinski definition) is 2. The van der Waals surface area contributed by atoms with E-state index in [4.69, 9.17) is 10.5 Å². The number of rotatable bonds is 2. The second kappa shape index (κ2) is 4.46. The highest BCUT2D eigenvalue weighted by Gasteiger charge is 2.51. The molecule has 3 amide bonds. The van der Waals surface area contributed by atoms with E-state index < -0.39 is 5.54 Å². The van der Waals surface area contributed by atoms with E-state index in [1.807, 2.05) is 0 Å². The molecule has 2 saturated heterocycles. The fraction of sp³-hybridized carbons (Fsp3) is 0.545. The lowest BCUT2D eigenvalue weighted by atomic mass is 9.90. The van der Waals surface area contributed by atoms with Crippen LogP contribution in [0.2, 0.25) is 0 Å². The predicted molar refractivity (Wildman–Crippen MR) is 68.4 cm³/mol. The number of urea groups is 1. The summed E-state index contributed by atoms with van der Waals surface area (Å²) >= 11 is 1.28. The third-order valence-corrected chi connectivity index (χ3v) is 4.29. The van der Waals surface area contributed by atoms with Crippen molar-refractivity contribution in [3.63, 3.8) is 0 Å². The van der Waals surface area contributed by atoms with Crippen molar-refractivity contribution in [1.29, 1.82) is 0 Å². The number of carbonyl (C=O) groups is 2. The van der Waals surface area contributed by atoms with Crippen LogP contribution in [0.4, 0.5) is 9.93 Å². The molecule has 19 heavy (non-hydrogen) atoms. The molecule has 102 valence electrons. The molecule has 3 rings (SSSR count). The van der Waals surface area contributed by atoms with Crippen LogP contribution < -0.4 is 11.1 Å². The summed E-state index contributed by atoms with van der Waals surface area (Å²) in [5, 5.41) is 3.24. The first-order valence-corrected chi connectivity index (χ1v) is 6.84. The Morgan fingerprint density at radius 1 is 1.47 bits per heavy atom. The molecule has 2 aliphatic heterocycles. The van der Waals surface area contributed by atoms with Crippen LogP contribution in [0.3, 0.4) is 0 Å². The number of imide groups is 1. The minimum absolute atomic E-state index is 0.173. The highest BCUT2D eigenvalue weighted by molar-refractivity contribution is 7.15. The van der Waals surface area contributed by atoms with Gasteiger partial charge in [-0.1, -0.05) is 0 Å². The van der Waals surface area contributed by atoms with Gasteiger partial charge in [0, 0.05) is 37.1 Å². The Hall–Kier alpha value is -1.67. The zero-order valence-electron chi connectivity index (χ0n) is 10.2. The molecule has 0 atom stereocenters. The van der Waals surface area contributed by atoms with Crippen molar-refractivity contribution >= 4 is 28.4 Å². The summed E-state index contributed by atoms with van der Waals surface area (Å²) in [6, 6.07) is -0.348. The van der Waals surface area contributed by atoms with Crippen LogP contribution in [0.5, 0.6) is 0 Å². The maximum atomic E-state index is 12.4. The van der Waals surface area contributed by atoms with Crippen LogP contribution in [-0.4, -0.2) is 40.6 Å². The number of nitrogens with zero attached hydrogens (tertiary/aromatic N) is 2. The topological polar surface area (TPSA) is 97.6 Å². The van der Waals surface area contributed by atoms with Gasteiger partial charge < -0.3 is 15.8 Å². The number of carbonyl (C=O) groups excluding carboxylic acids is 2. The molecule has 1 aromatic heterocycles. The Balaban J connectivity index is 1.79. The molecule has 2 aliphatic rings. The Kier molecular flexibility index (Phi) is 2.90. The Bertz CT molecular complexity index is 524. The van der Waals surface area contributed by atoms with Gasteiger partial charge >= 0.3 is 6.03 Å². The summed E-state index contributed by atoms with van der Waals surface area (Å²) in [6.45, 7) is 1.21. The van der Waals surface area contributed by atoms with Crippen molar-refractivity contribution in [2.24, 2.45) is 0 Å². The summed E-state index contributed by atoms with van der Waals surface area (Å²) in [5.74, 6) is -0.173. The maximum absolute atomic E-state index is 12.4. The van der Waals surface area contributed by atoms with Crippen LogP contribution in [0.25, 0.3) is 0 Å². The molecule has 8 heteroatoms. The van der Waals surface area contributed by atoms with Gasteiger partial charge in [-0.25, -0.2) is 9.78 Å². The lowest BCUT2D eigenvalue weighted by molar-refractivity contribution is -0.134. The molecule has 0 unspecified atom stereocenters. The molecule has 1 aromatic rings. The maximum Gasteiger partial charge on any atom is 0.325 e. The van der Waals surface area contributed by atoms with Gasteiger partial charge in [-0.3, -0.25) is 9.69 Å². The van der Waals surface area contributed by atoms with Crippen molar-refractivity contribution in [1.82, 2.24) is 15.2 Å². The molecular formula is C11H14N4O3S. The molecule has 0 bridgehead atoms. The van der Waals surface area contributed by atoms with E-state index in [1.54, 1.807) is 6.20 Å². The normalized spacial score (nSPS) is 22.0. The molecular weight excluding hydrogens is 268 g/mol. The average Bonchev–Trinajstić information content (AvgIpc) is 2.89. The largest absolute Gasteiger partial charge is 0.381 e. The van der Waals surface area contributed by atoms with E-state index in [9.17, 15) is 9.59 Å². The second-order valence-corrected chi connectivity index (χ2v) is 5.83. The Labute approximate surface area is 113 Å². The predicted octanol–water partition coefficient (Wildman–Crippen LogP) is 0.326. The number of nitrogens with two attached hydrogens (primary N) is 1. The lowest BCUT2D eigenvalue weighted by Gasteiger charge is -2.30. The summed E-state index contributed by atoms with van der Waals surface area (Å²) in [7, 11) is 0. The summed E-state index contributed by atoms with van der Waals surface area (Å²) in [4.78, 5) is 30.4. The van der Waals surface area contributed by atoms with Gasteiger partial charge in [-0.05, 0) is 0 Å². The molecule has 0 aliphatic carbocycles. The summed E-state index contributed by atoms with van der Waals surface area (Å²) in [5.41, 5.74) is 4.77. The molecule has 2 fully saturated rings. The van der Waals surface area contributed by atoms with Gasteiger partial charge in [0.05, 0.1) is 6.54 Å². The fourth-order valence-electron chi connectivity index (χ4n) is 2.43. The number of thiazole rings is 1. The average molecular weight is 282 g/mol. The Morgan fingerprint density at radius 2 is 2.21 bits per heavy atom. The number of amides is 3. The molecule has 0 radical (unpaired) electrons. The summed E-state index contributed by atoms with van der Waals surface area (Å²) < 4.78 is 5.25. The zero-order valence-corrected chi connectivity index (χ0v) is 11.0. The molecule has 7 nitrogen and oxygen atoms in total. The van der Waals surface area contributed by atoms with Crippen LogP contribution in [0.1, 0.15) is 17.7 Å². The van der Waals surface area contributed by atoms with E-state index in [0.717, 1.165) is 4.88 Å². The van der Waals surface area contributed by atoms with E-state index in [2.05, 4.69) is 10.3 Å². The number of anilines is 1. The number of nitrogen functional groups attached to an aromatic ring is 1. The molecule has 3 N–H and O–H groups in total. The van der Waals surface area contributed by atoms with Crippen molar-refractivity contribution in [2.75, 3.05) is 18.9 Å². The second-order valence-electron chi connectivity index (χ2n) is 4.68. The third-order valence-electron chi connectivity index (χ3n) is 3.48. The van der Waals surface area contributed by atoms with E-state index >= 15 is 0 Å². The van der Waals surface area contributed by atoms with Gasteiger partial charge in [-0.15, -0.1) is 11.3 Å². The SMILES string of the molecule is Nc1ncc(CN2C(=O)NC3(CCOCC3)C2=O)s1. The van der Waals surface area contributed by atoms with Crippen LogP contribution in [0, 0.1) is 0 Å². The monoisotopic (exact) mass is 282 g/mol. The number of ether oxygens (including phenoxy) is 1. The molecule has 0 saturated carbocycles. The molecule has 3 heterocycles. The third kappa shape index (κ3) is 2.06. The minimum atomic E-state index is -0.772. The highest BCUT2D eigenvalue weighted by Crippen LogP contribution is 2.30. The standard InChI is InChI=1S/C11H14N4O3S/c12-9-13-5-7(19-9)6-15-8(16)11(14-10(15)17)1-3-18-4-2-11/h5H,1-4,6H2,(H2,12,13)(H,14,17). The first kappa shape index (κ1) is 12.4. The van der Waals surface area contributed by atoms with E-state index in [-0.39, 0.29) is 18.5 Å². The van der Waals surface area contributed by atoms with Crippen molar-refractivity contribution in [2.45, 2.75) is 24.9 Å². The van der Waals surface area contributed by atoms with E-state index in [0.29, 0.717) is 31.2 Å². The minimum Gasteiger partial charge on any atom is -0.381 e. The quantitative estimate of drug-likeness (QED) is 0.762. The van der Waals surface area contributed by atoms with Gasteiger partial charge in [0.1, 0.15) is 5.54 Å². The number of nitrogens with one attached hydrogen (secondary N) is 1. The van der Waals surface area contributed by atoms with Crippen molar-refractivity contribution in [3.05, 3.63) is 11.1 Å². The number of hydrogen-bond acceptors (Lipinski definition) is 6. The number of aromatic nitrogens is 1. The summed E-state index contributed by atoms with van der Waals surface area (Å²) in [6.07, 6.45) is 2.65. The van der Waals surface area contributed by atoms with Gasteiger partial charge in [-0.2, -0.15) is 0 Å². The van der Waals surface area contributed by atoms with Crippen molar-refractivity contribution < 1.29 is 14.3 Å². The zero-order chi connectivity index (χ0) is 13.5. The van der Waals surface area contributed by atoms with Crippen LogP contribution >= 0.6 is 11.3 Å². The van der Waals surface area contributed by atoms with Gasteiger partial charge in [0.15, 0.2) is 5.13 Å². The molecule has 1 spiro atoms. The smallest absolute Gasteiger partial charge is 0.325 e. The highest BCUT2D eigenvalue weighted by atomic mass is 32.1. The van der Waals surface area contributed by atoms with Crippen LogP contribution in [0.15, 0.2) is 6.20 Å². The van der Waals surface area contributed by atoms with Crippen molar-refractivity contribution in [3.8, 4) is 0 Å². The molecule has 0 aromatic carbocycles. The first-order valence-electron chi connectivity index (χ1n) is 6.03. The fourth-order valence-corrected chi connectivity index (χ4v) is 3.10. The van der Waals surface area contributed by atoms with Gasteiger partial charge in [0.25, 0.3) is 5.91 Å². The Morgan fingerprint density at radius 3 is 2.84 bits per heavy atom.